The van der Waals surface area contributed by atoms with E-state index in [1.54, 1.807) is 0 Å². The molecule has 1 aromatic carbocycles. The Balaban J connectivity index is 2.47. The van der Waals surface area contributed by atoms with Crippen molar-refractivity contribution in [3.63, 3.8) is 0 Å². The summed E-state index contributed by atoms with van der Waals surface area (Å²) in [4.78, 5) is 11.5. The molecule has 0 saturated heterocycles. The van der Waals surface area contributed by atoms with E-state index in [-0.39, 0.29) is 5.78 Å². The number of halogens is 1. The molecule has 0 atom stereocenters. The molecule has 1 aromatic rings. The zero-order chi connectivity index (χ0) is 9.26. The smallest absolute Gasteiger partial charge is 0.184 e. The number of carbonyl (C=O) groups excluding carboxylic acids is 1. The minimum absolute atomic E-state index is 0.214. The first-order chi connectivity index (χ1) is 6.33. The Morgan fingerprint density at radius 3 is 3.08 bits per heavy atom. The SMILES string of the molecule is O=C1CNc2cccc(CCBr)c21. The minimum Gasteiger partial charge on any atom is -0.377 e. The summed E-state index contributed by atoms with van der Waals surface area (Å²) in [5, 5.41) is 3.98. The van der Waals surface area contributed by atoms with Gasteiger partial charge in [-0.2, -0.15) is 0 Å². The number of fused-ring (bicyclic) bond motifs is 1. The van der Waals surface area contributed by atoms with Gasteiger partial charge in [0, 0.05) is 16.6 Å². The van der Waals surface area contributed by atoms with E-state index in [9.17, 15) is 4.79 Å². The van der Waals surface area contributed by atoms with Gasteiger partial charge >= 0.3 is 0 Å². The standard InChI is InChI=1S/C10H10BrNO/c11-5-4-7-2-1-3-8-10(7)9(13)6-12-8/h1-3,12H,4-6H2. The van der Waals surface area contributed by atoms with Gasteiger partial charge in [-0.05, 0) is 18.1 Å². The van der Waals surface area contributed by atoms with Crippen LogP contribution in [0.25, 0.3) is 0 Å². The van der Waals surface area contributed by atoms with Crippen molar-refractivity contribution in [2.24, 2.45) is 0 Å². The van der Waals surface area contributed by atoms with Gasteiger partial charge in [-0.3, -0.25) is 4.79 Å². The van der Waals surface area contributed by atoms with Crippen molar-refractivity contribution in [2.45, 2.75) is 6.42 Å². The van der Waals surface area contributed by atoms with Crippen LogP contribution in [0.4, 0.5) is 5.69 Å². The van der Waals surface area contributed by atoms with Gasteiger partial charge in [0.1, 0.15) is 0 Å². The van der Waals surface area contributed by atoms with Gasteiger partial charge in [-0.15, -0.1) is 0 Å². The van der Waals surface area contributed by atoms with Gasteiger partial charge in [0.2, 0.25) is 0 Å². The van der Waals surface area contributed by atoms with E-state index < -0.39 is 0 Å². The molecular weight excluding hydrogens is 230 g/mol. The molecule has 1 N–H and O–H groups in total. The van der Waals surface area contributed by atoms with E-state index in [1.807, 2.05) is 18.2 Å². The van der Waals surface area contributed by atoms with Crippen LogP contribution in [0.5, 0.6) is 0 Å². The number of ketones is 1. The highest BCUT2D eigenvalue weighted by Crippen LogP contribution is 2.25. The molecule has 0 aromatic heterocycles. The second kappa shape index (κ2) is 3.50. The fraction of sp³-hybridized carbons (Fsp3) is 0.300. The Bertz CT molecular complexity index is 349. The van der Waals surface area contributed by atoms with E-state index in [0.717, 1.165) is 28.6 Å². The Morgan fingerprint density at radius 1 is 1.46 bits per heavy atom. The maximum Gasteiger partial charge on any atom is 0.184 e. The highest BCUT2D eigenvalue weighted by atomic mass is 79.9. The molecule has 0 fully saturated rings. The van der Waals surface area contributed by atoms with Crippen LogP contribution in [-0.4, -0.2) is 17.7 Å². The number of carbonyl (C=O) groups is 1. The van der Waals surface area contributed by atoms with Crippen molar-refractivity contribution in [1.29, 1.82) is 0 Å². The highest BCUT2D eigenvalue weighted by Gasteiger charge is 2.21. The zero-order valence-electron chi connectivity index (χ0n) is 7.14. The molecule has 1 heterocycles. The number of Topliss-reactive ketones (excluding diaryl/α,β-unsaturated/α-hetero) is 1. The third-order valence-corrected chi connectivity index (χ3v) is 2.63. The third-order valence-electron chi connectivity index (χ3n) is 2.23. The van der Waals surface area contributed by atoms with Gasteiger partial charge in [0.25, 0.3) is 0 Å². The van der Waals surface area contributed by atoms with E-state index >= 15 is 0 Å². The van der Waals surface area contributed by atoms with Crippen molar-refractivity contribution in [2.75, 3.05) is 17.2 Å². The van der Waals surface area contributed by atoms with Crippen LogP contribution in [0.15, 0.2) is 18.2 Å². The largest absolute Gasteiger partial charge is 0.377 e. The summed E-state index contributed by atoms with van der Waals surface area (Å²) in [6.07, 6.45) is 0.913. The van der Waals surface area contributed by atoms with Crippen LogP contribution in [0, 0.1) is 0 Å². The summed E-state index contributed by atoms with van der Waals surface area (Å²) >= 11 is 3.38. The summed E-state index contributed by atoms with van der Waals surface area (Å²) in [7, 11) is 0. The third kappa shape index (κ3) is 1.48. The fourth-order valence-corrected chi connectivity index (χ4v) is 2.08. The van der Waals surface area contributed by atoms with Crippen molar-refractivity contribution < 1.29 is 4.79 Å². The Morgan fingerprint density at radius 2 is 2.31 bits per heavy atom. The van der Waals surface area contributed by atoms with Gasteiger partial charge in [-0.1, -0.05) is 28.1 Å². The normalized spacial score (nSPS) is 14.1. The molecule has 1 aliphatic heterocycles. The van der Waals surface area contributed by atoms with Crippen LogP contribution < -0.4 is 5.32 Å². The molecule has 0 saturated carbocycles. The van der Waals surface area contributed by atoms with Crippen molar-refractivity contribution in [1.82, 2.24) is 0 Å². The lowest BCUT2D eigenvalue weighted by atomic mass is 10.0. The Kier molecular flexibility index (Phi) is 2.36. The second-order valence-corrected chi connectivity index (χ2v) is 3.85. The average molecular weight is 240 g/mol. The lowest BCUT2D eigenvalue weighted by molar-refractivity contribution is 0.101. The molecule has 0 spiro atoms. The van der Waals surface area contributed by atoms with E-state index in [1.165, 1.54) is 0 Å². The highest BCUT2D eigenvalue weighted by molar-refractivity contribution is 9.09. The van der Waals surface area contributed by atoms with Gasteiger partial charge in [0.05, 0.1) is 6.54 Å². The lowest BCUT2D eigenvalue weighted by Gasteiger charge is -2.03. The van der Waals surface area contributed by atoms with Gasteiger partial charge in [-0.25, -0.2) is 0 Å². The summed E-state index contributed by atoms with van der Waals surface area (Å²) in [6, 6.07) is 5.96. The maximum atomic E-state index is 11.5. The quantitative estimate of drug-likeness (QED) is 0.803. The predicted molar refractivity (Wildman–Crippen MR) is 56.8 cm³/mol. The molecule has 0 radical (unpaired) electrons. The first kappa shape index (κ1) is 8.75. The lowest BCUT2D eigenvalue weighted by Crippen LogP contribution is -2.03. The van der Waals surface area contributed by atoms with Gasteiger partial charge < -0.3 is 5.32 Å². The van der Waals surface area contributed by atoms with Crippen molar-refractivity contribution in [3.8, 4) is 0 Å². The molecule has 2 nitrogen and oxygen atoms in total. The Hall–Kier alpha value is -0.830. The van der Waals surface area contributed by atoms with Crippen LogP contribution in [0.3, 0.4) is 0 Å². The molecule has 68 valence electrons. The molecule has 0 unspecified atom stereocenters. The predicted octanol–water partition coefficient (Wildman–Crippen LogP) is 2.23. The van der Waals surface area contributed by atoms with Crippen molar-refractivity contribution in [3.05, 3.63) is 29.3 Å². The van der Waals surface area contributed by atoms with E-state index in [4.69, 9.17) is 0 Å². The molecule has 3 heteroatoms. The van der Waals surface area contributed by atoms with Crippen LogP contribution in [0.2, 0.25) is 0 Å². The summed E-state index contributed by atoms with van der Waals surface area (Å²) in [5.41, 5.74) is 3.02. The molecule has 0 bridgehead atoms. The molecule has 1 aliphatic rings. The number of hydrogen-bond donors (Lipinski definition) is 1. The monoisotopic (exact) mass is 239 g/mol. The zero-order valence-corrected chi connectivity index (χ0v) is 8.73. The number of anilines is 1. The molecule has 13 heavy (non-hydrogen) atoms. The first-order valence-electron chi connectivity index (χ1n) is 4.28. The van der Waals surface area contributed by atoms with Crippen LogP contribution in [-0.2, 0) is 6.42 Å². The Labute approximate surface area is 85.5 Å². The van der Waals surface area contributed by atoms with Crippen LogP contribution in [0.1, 0.15) is 15.9 Å². The van der Waals surface area contributed by atoms with E-state index in [0.29, 0.717) is 6.54 Å². The number of alkyl halides is 1. The molecular formula is C10H10BrNO. The maximum absolute atomic E-state index is 11.5. The molecule has 2 rings (SSSR count). The minimum atomic E-state index is 0.214. The number of benzene rings is 1. The number of rotatable bonds is 2. The van der Waals surface area contributed by atoms with Crippen molar-refractivity contribution >= 4 is 27.4 Å². The van der Waals surface area contributed by atoms with Gasteiger partial charge in [0.15, 0.2) is 5.78 Å². The second-order valence-electron chi connectivity index (χ2n) is 3.06. The number of nitrogens with one attached hydrogen (secondary N) is 1. The fourth-order valence-electron chi connectivity index (χ4n) is 1.65. The topological polar surface area (TPSA) is 29.1 Å². The van der Waals surface area contributed by atoms with E-state index in [2.05, 4.69) is 21.2 Å². The average Bonchev–Trinajstić information content (AvgIpc) is 2.50. The summed E-state index contributed by atoms with van der Waals surface area (Å²) in [5.74, 6) is 0.214. The molecule has 0 aliphatic carbocycles. The first-order valence-corrected chi connectivity index (χ1v) is 5.40. The number of hydrogen-bond acceptors (Lipinski definition) is 2. The summed E-state index contributed by atoms with van der Waals surface area (Å²) < 4.78 is 0. The molecule has 0 amide bonds. The number of aryl methyl sites for hydroxylation is 1. The van der Waals surface area contributed by atoms with Crippen LogP contribution >= 0.6 is 15.9 Å². The summed E-state index contributed by atoms with van der Waals surface area (Å²) in [6.45, 7) is 0.453.